The number of anilines is 1. The summed E-state index contributed by atoms with van der Waals surface area (Å²) < 4.78 is 1.94. The first-order valence-electron chi connectivity index (χ1n) is 7.11. The Hall–Kier alpha value is -2.44. The number of nitro groups is 1. The number of pyridine rings is 1. The number of nitrogens with zero attached hydrogens (tertiary/aromatic N) is 4. The van der Waals surface area contributed by atoms with Gasteiger partial charge in [0, 0.05) is 24.7 Å². The van der Waals surface area contributed by atoms with Crippen LogP contribution in [0.3, 0.4) is 0 Å². The largest absolute Gasteiger partial charge is 0.359 e. The Kier molecular flexibility index (Phi) is 3.81. The number of nitrogens with one attached hydrogen (secondary N) is 1. The van der Waals surface area contributed by atoms with Crippen LogP contribution < -0.4 is 5.32 Å². The van der Waals surface area contributed by atoms with E-state index in [-0.39, 0.29) is 17.8 Å². The van der Waals surface area contributed by atoms with Crippen molar-refractivity contribution in [3.8, 4) is 0 Å². The van der Waals surface area contributed by atoms with E-state index in [1.54, 1.807) is 18.5 Å². The molecular weight excluding hydrogens is 270 g/mol. The summed E-state index contributed by atoms with van der Waals surface area (Å²) in [4.78, 5) is 14.8. The van der Waals surface area contributed by atoms with Crippen LogP contribution in [0.2, 0.25) is 0 Å². The molecule has 0 saturated heterocycles. The van der Waals surface area contributed by atoms with Crippen molar-refractivity contribution in [2.45, 2.75) is 37.8 Å². The summed E-state index contributed by atoms with van der Waals surface area (Å²) >= 11 is 0. The molecule has 1 saturated carbocycles. The molecule has 1 aliphatic rings. The van der Waals surface area contributed by atoms with E-state index in [2.05, 4.69) is 15.4 Å². The Balaban J connectivity index is 1.84. The van der Waals surface area contributed by atoms with Gasteiger partial charge in [0.15, 0.2) is 0 Å². The van der Waals surface area contributed by atoms with E-state index < -0.39 is 4.92 Å². The minimum Gasteiger partial charge on any atom is -0.359 e. The highest BCUT2D eigenvalue weighted by Crippen LogP contribution is 2.32. The molecule has 1 aliphatic carbocycles. The molecule has 2 atom stereocenters. The average molecular weight is 287 g/mol. The van der Waals surface area contributed by atoms with E-state index in [9.17, 15) is 10.1 Å². The van der Waals surface area contributed by atoms with Gasteiger partial charge in [0.2, 0.25) is 5.82 Å². The third-order valence-electron chi connectivity index (χ3n) is 3.90. The lowest BCUT2D eigenvalue weighted by molar-refractivity contribution is -0.384. The summed E-state index contributed by atoms with van der Waals surface area (Å²) in [5.41, 5.74) is 0.0160. The fraction of sp³-hybridized carbons (Fsp3) is 0.429. The van der Waals surface area contributed by atoms with Gasteiger partial charge in [-0.05, 0) is 25.0 Å². The monoisotopic (exact) mass is 287 g/mol. The second-order valence-electron chi connectivity index (χ2n) is 5.22. The number of hydrogen-bond acceptors (Lipinski definition) is 5. The molecule has 2 heterocycles. The van der Waals surface area contributed by atoms with Gasteiger partial charge in [-0.3, -0.25) is 14.8 Å². The van der Waals surface area contributed by atoms with Crippen molar-refractivity contribution in [1.29, 1.82) is 0 Å². The highest BCUT2D eigenvalue weighted by molar-refractivity contribution is 5.55. The Morgan fingerprint density at radius 3 is 2.90 bits per heavy atom. The summed E-state index contributed by atoms with van der Waals surface area (Å²) in [5.74, 6) is 0.339. The normalized spacial score (nSPS) is 21.9. The van der Waals surface area contributed by atoms with E-state index in [1.165, 1.54) is 6.07 Å². The topological polar surface area (TPSA) is 85.9 Å². The molecule has 0 aliphatic heterocycles. The van der Waals surface area contributed by atoms with Gasteiger partial charge in [-0.25, -0.2) is 4.98 Å². The van der Waals surface area contributed by atoms with Crippen LogP contribution in [0.1, 0.15) is 31.7 Å². The van der Waals surface area contributed by atoms with Crippen molar-refractivity contribution in [2.24, 2.45) is 0 Å². The van der Waals surface area contributed by atoms with Gasteiger partial charge < -0.3 is 5.32 Å². The Morgan fingerprint density at radius 2 is 2.14 bits per heavy atom. The van der Waals surface area contributed by atoms with Crippen LogP contribution in [-0.4, -0.2) is 25.7 Å². The molecule has 0 amide bonds. The lowest BCUT2D eigenvalue weighted by Gasteiger charge is -2.32. The lowest BCUT2D eigenvalue weighted by atomic mass is 9.90. The highest BCUT2D eigenvalue weighted by Gasteiger charge is 2.29. The molecule has 0 radical (unpaired) electrons. The zero-order valence-electron chi connectivity index (χ0n) is 11.6. The molecular formula is C14H17N5O2. The fourth-order valence-corrected chi connectivity index (χ4v) is 2.90. The summed E-state index contributed by atoms with van der Waals surface area (Å²) in [6, 6.07) is 5.26. The van der Waals surface area contributed by atoms with Crippen molar-refractivity contribution in [3.05, 3.63) is 46.9 Å². The van der Waals surface area contributed by atoms with Crippen LogP contribution in [-0.2, 0) is 0 Å². The molecule has 1 fully saturated rings. The molecule has 2 aromatic heterocycles. The predicted molar refractivity (Wildman–Crippen MR) is 78.0 cm³/mol. The molecule has 7 heteroatoms. The third-order valence-corrected chi connectivity index (χ3v) is 3.90. The summed E-state index contributed by atoms with van der Waals surface area (Å²) in [5, 5.41) is 18.6. The number of hydrogen-bond donors (Lipinski definition) is 1. The maximum atomic E-state index is 11.1. The molecule has 1 N–H and O–H groups in total. The van der Waals surface area contributed by atoms with Crippen molar-refractivity contribution in [3.63, 3.8) is 0 Å². The Labute approximate surface area is 122 Å². The second kappa shape index (κ2) is 5.90. The van der Waals surface area contributed by atoms with Gasteiger partial charge in [-0.15, -0.1) is 0 Å². The summed E-state index contributed by atoms with van der Waals surface area (Å²) in [6.45, 7) is 0. The van der Waals surface area contributed by atoms with Gasteiger partial charge in [0.25, 0.3) is 0 Å². The van der Waals surface area contributed by atoms with E-state index in [0.717, 1.165) is 25.7 Å². The van der Waals surface area contributed by atoms with Gasteiger partial charge >= 0.3 is 5.69 Å². The van der Waals surface area contributed by atoms with Crippen LogP contribution in [0.25, 0.3) is 0 Å². The minimum atomic E-state index is -0.402. The van der Waals surface area contributed by atoms with E-state index >= 15 is 0 Å². The molecule has 0 unspecified atom stereocenters. The molecule has 0 aromatic carbocycles. The maximum absolute atomic E-state index is 11.1. The van der Waals surface area contributed by atoms with Crippen LogP contribution in [0.5, 0.6) is 0 Å². The second-order valence-corrected chi connectivity index (χ2v) is 5.22. The Bertz CT molecular complexity index is 614. The summed E-state index contributed by atoms with van der Waals surface area (Å²) in [6.07, 6.45) is 9.49. The van der Waals surface area contributed by atoms with E-state index in [1.807, 2.05) is 16.9 Å². The van der Waals surface area contributed by atoms with Gasteiger partial charge in [-0.2, -0.15) is 5.10 Å². The molecule has 21 heavy (non-hydrogen) atoms. The van der Waals surface area contributed by atoms with Crippen LogP contribution in [0.4, 0.5) is 11.5 Å². The van der Waals surface area contributed by atoms with Crippen molar-refractivity contribution in [1.82, 2.24) is 14.8 Å². The van der Waals surface area contributed by atoms with E-state index in [4.69, 9.17) is 0 Å². The molecule has 0 bridgehead atoms. The standard InChI is InChI=1S/C14H17N5O2/c20-19(21)13-7-3-8-15-14(13)17-11-5-1-2-6-12(11)18-10-4-9-16-18/h3-4,7-12H,1-2,5-6H2,(H,15,17)/t11-,12-/m0/s1. The quantitative estimate of drug-likeness (QED) is 0.690. The van der Waals surface area contributed by atoms with Crippen molar-refractivity contribution < 1.29 is 4.92 Å². The molecule has 3 rings (SSSR count). The van der Waals surface area contributed by atoms with Gasteiger partial charge in [0.1, 0.15) is 0 Å². The molecule has 2 aromatic rings. The number of rotatable bonds is 4. The van der Waals surface area contributed by atoms with Gasteiger partial charge in [0.05, 0.1) is 17.0 Å². The molecule has 7 nitrogen and oxygen atoms in total. The zero-order valence-corrected chi connectivity index (χ0v) is 11.6. The van der Waals surface area contributed by atoms with E-state index in [0.29, 0.717) is 5.82 Å². The van der Waals surface area contributed by atoms with Crippen molar-refractivity contribution in [2.75, 3.05) is 5.32 Å². The Morgan fingerprint density at radius 1 is 1.29 bits per heavy atom. The lowest BCUT2D eigenvalue weighted by Crippen LogP contribution is -2.35. The summed E-state index contributed by atoms with van der Waals surface area (Å²) in [7, 11) is 0. The molecule has 110 valence electrons. The minimum absolute atomic E-state index is 0.0160. The molecule has 0 spiro atoms. The maximum Gasteiger partial charge on any atom is 0.311 e. The van der Waals surface area contributed by atoms with Crippen molar-refractivity contribution >= 4 is 11.5 Å². The van der Waals surface area contributed by atoms with Gasteiger partial charge in [-0.1, -0.05) is 12.8 Å². The van der Waals surface area contributed by atoms with Crippen LogP contribution in [0, 0.1) is 10.1 Å². The first kappa shape index (κ1) is 13.5. The zero-order chi connectivity index (χ0) is 14.7. The highest BCUT2D eigenvalue weighted by atomic mass is 16.6. The third kappa shape index (κ3) is 2.86. The first-order chi connectivity index (χ1) is 10.3. The fourth-order valence-electron chi connectivity index (χ4n) is 2.90. The predicted octanol–water partition coefficient (Wildman–Crippen LogP) is 2.78. The SMILES string of the molecule is O=[N+]([O-])c1cccnc1N[C@H]1CCCC[C@@H]1n1cccn1. The van der Waals surface area contributed by atoms with Crippen LogP contribution in [0.15, 0.2) is 36.8 Å². The average Bonchev–Trinajstić information content (AvgIpc) is 3.02. The first-order valence-corrected chi connectivity index (χ1v) is 7.11. The van der Waals surface area contributed by atoms with Crippen LogP contribution >= 0.6 is 0 Å². The smallest absolute Gasteiger partial charge is 0.311 e. The number of aromatic nitrogens is 3.